The van der Waals surface area contributed by atoms with Gasteiger partial charge in [0.25, 0.3) is 21.9 Å². The van der Waals surface area contributed by atoms with Crippen molar-refractivity contribution in [2.45, 2.75) is 12.5 Å². The molecule has 1 N–H and O–H groups in total. The Kier molecular flexibility index (Phi) is 6.15. The second kappa shape index (κ2) is 9.16. The first-order chi connectivity index (χ1) is 17.1. The van der Waals surface area contributed by atoms with Crippen molar-refractivity contribution in [3.63, 3.8) is 0 Å². The van der Waals surface area contributed by atoms with Gasteiger partial charge in [0, 0.05) is 17.7 Å². The average Bonchev–Trinajstić information content (AvgIpc) is 3.12. The second-order valence-corrected chi connectivity index (χ2v) is 10.6. The van der Waals surface area contributed by atoms with E-state index in [4.69, 9.17) is 18.6 Å². The molecule has 1 atom stereocenters. The van der Waals surface area contributed by atoms with Gasteiger partial charge in [0.2, 0.25) is 0 Å². The van der Waals surface area contributed by atoms with E-state index in [2.05, 4.69) is 10.2 Å². The first kappa shape index (κ1) is 24.2. The van der Waals surface area contributed by atoms with Crippen LogP contribution in [-0.2, 0) is 30.3 Å². The molecule has 0 saturated heterocycles. The number of likely N-dealkylation sites (N-methyl/N-ethyl adjacent to an activating group) is 1. The smallest absolute Gasteiger partial charge is 0.264 e. The van der Waals surface area contributed by atoms with Crippen LogP contribution in [0.3, 0.4) is 0 Å². The zero-order valence-electron chi connectivity index (χ0n) is 20.0. The van der Waals surface area contributed by atoms with Crippen molar-refractivity contribution in [3.8, 4) is 11.5 Å². The van der Waals surface area contributed by atoms with Crippen LogP contribution in [0.4, 0.5) is 5.69 Å². The van der Waals surface area contributed by atoms with Crippen LogP contribution >= 0.6 is 0 Å². The summed E-state index contributed by atoms with van der Waals surface area (Å²) in [4.78, 5) is 32.6. The van der Waals surface area contributed by atoms with E-state index in [1.807, 2.05) is 32.3 Å². The fourth-order valence-corrected chi connectivity index (χ4v) is 4.84. The lowest BCUT2D eigenvalue weighted by Crippen LogP contribution is -2.39. The number of carbonyl (C=O) groups is 2. The monoisotopic (exact) mass is 511 g/mol. The van der Waals surface area contributed by atoms with Crippen LogP contribution < -0.4 is 14.8 Å². The van der Waals surface area contributed by atoms with Crippen molar-refractivity contribution >= 4 is 38.9 Å². The summed E-state index contributed by atoms with van der Waals surface area (Å²) in [6.45, 7) is 0.645. The van der Waals surface area contributed by atoms with Gasteiger partial charge >= 0.3 is 0 Å². The molecule has 0 fully saturated rings. The first-order valence-corrected chi connectivity index (χ1v) is 13.2. The molecule has 1 aliphatic carbocycles. The van der Waals surface area contributed by atoms with Gasteiger partial charge in [-0.05, 0) is 50.3 Å². The Morgan fingerprint density at radius 2 is 1.89 bits per heavy atom. The Balaban J connectivity index is 1.54. The predicted octanol–water partition coefficient (Wildman–Crippen LogP) is 1.45. The number of hydrogen-bond acceptors (Lipinski definition) is 9. The average molecular weight is 512 g/mol. The molecule has 2 amide bonds. The zero-order valence-corrected chi connectivity index (χ0v) is 20.8. The van der Waals surface area contributed by atoms with Crippen molar-refractivity contribution in [2.24, 2.45) is 4.99 Å². The minimum Gasteiger partial charge on any atom is -0.491 e. The molecule has 0 bridgehead atoms. The largest absolute Gasteiger partial charge is 0.491 e. The van der Waals surface area contributed by atoms with Gasteiger partial charge in [-0.2, -0.15) is 8.42 Å². The Morgan fingerprint density at radius 1 is 1.08 bits per heavy atom. The van der Waals surface area contributed by atoms with E-state index in [1.54, 1.807) is 18.2 Å². The molecule has 2 heterocycles. The molecular formula is C25H25N3O7S. The molecule has 0 radical (unpaired) electrons. The highest BCUT2D eigenvalue weighted by Crippen LogP contribution is 2.45. The molecule has 188 valence electrons. The number of aliphatic imine (C=N–C) groups is 1. The van der Waals surface area contributed by atoms with E-state index >= 15 is 0 Å². The standard InChI is InChI=1S/C25H25N3O7S/c1-28(2)10-9-14-5-4-6-18-22(14)35-23-20-19(24(29)27-25(20)30)17-13-15(7-8-16(17)21(23)26-18)33-11-12-34-36(3,31)32/h4-8,13,23H,9-12H2,1-3H3,(H,27,29,30). The Hall–Kier alpha value is -3.54. The van der Waals surface area contributed by atoms with E-state index in [-0.39, 0.29) is 24.4 Å². The summed E-state index contributed by atoms with van der Waals surface area (Å²) in [6, 6.07) is 10.9. The molecule has 2 aromatic carbocycles. The Bertz CT molecular complexity index is 1440. The summed E-state index contributed by atoms with van der Waals surface area (Å²) >= 11 is 0. The Morgan fingerprint density at radius 3 is 2.64 bits per heavy atom. The van der Waals surface area contributed by atoms with E-state index in [1.165, 1.54) is 0 Å². The highest BCUT2D eigenvalue weighted by atomic mass is 32.2. The molecule has 5 rings (SSSR count). The SMILES string of the molecule is CN(C)CCc1cccc2c1OC1C(=N2)c2ccc(OCCOS(C)(=O)=O)cc2C2=C1C(=O)NC2=O. The lowest BCUT2D eigenvalue weighted by Gasteiger charge is -2.32. The molecule has 3 aliphatic rings. The lowest BCUT2D eigenvalue weighted by atomic mass is 9.82. The number of rotatable bonds is 8. The molecule has 2 aliphatic heterocycles. The number of carbonyl (C=O) groups excluding carboxylic acids is 2. The van der Waals surface area contributed by atoms with Crippen LogP contribution in [0.1, 0.15) is 16.7 Å². The van der Waals surface area contributed by atoms with Crippen LogP contribution in [0.25, 0.3) is 5.57 Å². The van der Waals surface area contributed by atoms with Gasteiger partial charge in [-0.15, -0.1) is 0 Å². The number of imide groups is 1. The van der Waals surface area contributed by atoms with Crippen LogP contribution in [0.2, 0.25) is 0 Å². The van der Waals surface area contributed by atoms with Gasteiger partial charge in [-0.1, -0.05) is 12.1 Å². The van der Waals surface area contributed by atoms with E-state index in [9.17, 15) is 18.0 Å². The van der Waals surface area contributed by atoms with Crippen LogP contribution in [-0.4, -0.2) is 77.1 Å². The minimum atomic E-state index is -3.58. The number of para-hydroxylation sites is 1. The van der Waals surface area contributed by atoms with Crippen molar-refractivity contribution in [1.29, 1.82) is 0 Å². The minimum absolute atomic E-state index is 0.0152. The number of fused-ring (bicyclic) bond motifs is 6. The number of benzene rings is 2. The van der Waals surface area contributed by atoms with E-state index < -0.39 is 28.0 Å². The van der Waals surface area contributed by atoms with Crippen LogP contribution in [0.15, 0.2) is 47.0 Å². The van der Waals surface area contributed by atoms with Gasteiger partial charge in [-0.3, -0.25) is 19.1 Å². The molecule has 0 aromatic heterocycles. The highest BCUT2D eigenvalue weighted by molar-refractivity contribution is 7.85. The fraction of sp³-hybridized carbons (Fsp3) is 0.320. The van der Waals surface area contributed by atoms with Gasteiger partial charge in [0.15, 0.2) is 6.10 Å². The van der Waals surface area contributed by atoms with Gasteiger partial charge in [-0.25, -0.2) is 4.99 Å². The number of amides is 2. The maximum absolute atomic E-state index is 12.8. The zero-order chi connectivity index (χ0) is 25.6. The third-order valence-electron chi connectivity index (χ3n) is 6.05. The summed E-state index contributed by atoms with van der Waals surface area (Å²) in [5.41, 5.74) is 3.78. The molecule has 11 heteroatoms. The molecule has 10 nitrogen and oxygen atoms in total. The van der Waals surface area contributed by atoms with Crippen LogP contribution in [0, 0.1) is 0 Å². The first-order valence-electron chi connectivity index (χ1n) is 11.4. The maximum atomic E-state index is 12.8. The topological polar surface area (TPSA) is 124 Å². The lowest BCUT2D eigenvalue weighted by molar-refractivity contribution is -0.123. The number of nitrogens with one attached hydrogen (secondary N) is 1. The number of ether oxygens (including phenoxy) is 2. The number of hydrogen-bond donors (Lipinski definition) is 1. The third kappa shape index (κ3) is 4.52. The highest BCUT2D eigenvalue weighted by Gasteiger charge is 2.46. The quantitative estimate of drug-likeness (QED) is 0.321. The molecule has 0 spiro atoms. The van der Waals surface area contributed by atoms with E-state index in [0.29, 0.717) is 34.0 Å². The molecule has 0 saturated carbocycles. The van der Waals surface area contributed by atoms with Crippen LogP contribution in [0.5, 0.6) is 11.5 Å². The maximum Gasteiger partial charge on any atom is 0.264 e. The van der Waals surface area contributed by atoms with Gasteiger partial charge in [0.05, 0.1) is 23.1 Å². The molecular weight excluding hydrogens is 486 g/mol. The molecule has 2 aromatic rings. The summed E-state index contributed by atoms with van der Waals surface area (Å²) in [5.74, 6) is -0.0167. The molecule has 36 heavy (non-hydrogen) atoms. The third-order valence-corrected chi connectivity index (χ3v) is 6.64. The van der Waals surface area contributed by atoms with Gasteiger partial charge in [0.1, 0.15) is 30.4 Å². The Labute approximate surface area is 208 Å². The van der Waals surface area contributed by atoms with E-state index in [0.717, 1.165) is 24.8 Å². The summed E-state index contributed by atoms with van der Waals surface area (Å²) in [5, 5.41) is 2.38. The summed E-state index contributed by atoms with van der Waals surface area (Å²) in [6.07, 6.45) is 0.884. The predicted molar refractivity (Wildman–Crippen MR) is 132 cm³/mol. The van der Waals surface area contributed by atoms with Crippen molar-refractivity contribution in [1.82, 2.24) is 10.2 Å². The van der Waals surface area contributed by atoms with Crippen molar-refractivity contribution < 1.29 is 31.7 Å². The summed E-state index contributed by atoms with van der Waals surface area (Å²) in [7, 11) is 0.409. The van der Waals surface area contributed by atoms with Crippen molar-refractivity contribution in [2.75, 3.05) is 40.1 Å². The number of nitrogens with zero attached hydrogens (tertiary/aromatic N) is 2. The van der Waals surface area contributed by atoms with Gasteiger partial charge < -0.3 is 14.4 Å². The summed E-state index contributed by atoms with van der Waals surface area (Å²) < 4.78 is 39.0. The fourth-order valence-electron chi connectivity index (χ4n) is 4.47. The van der Waals surface area contributed by atoms with Crippen molar-refractivity contribution in [3.05, 3.63) is 58.7 Å². The normalized spacial score (nSPS) is 18.1. The molecule has 1 unspecified atom stereocenters. The second-order valence-electron chi connectivity index (χ2n) is 8.97.